The van der Waals surface area contributed by atoms with Gasteiger partial charge in [0.05, 0.1) is 6.42 Å². The lowest BCUT2D eigenvalue weighted by atomic mass is 10.2. The number of carbonyl (C=O) groups is 1. The van der Waals surface area contributed by atoms with E-state index in [9.17, 15) is 4.79 Å². The number of carboxylic acids is 1. The van der Waals surface area contributed by atoms with E-state index in [2.05, 4.69) is 5.32 Å². The van der Waals surface area contributed by atoms with Crippen molar-refractivity contribution in [3.63, 3.8) is 0 Å². The fraction of sp³-hybridized carbons (Fsp3) is 0.875. The number of rotatable bonds is 7. The number of carboxylic acid groups (broad SMARTS) is 1. The Kier molecular flexibility index (Phi) is 6.70. The van der Waals surface area contributed by atoms with Crippen LogP contribution < -0.4 is 5.32 Å². The third kappa shape index (κ3) is 7.50. The van der Waals surface area contributed by atoms with Gasteiger partial charge < -0.3 is 15.5 Å². The van der Waals surface area contributed by atoms with Crippen molar-refractivity contribution in [3.8, 4) is 0 Å². The van der Waals surface area contributed by atoms with Crippen LogP contribution in [0, 0.1) is 0 Å². The molecule has 0 aliphatic rings. The molecule has 0 aliphatic heterocycles. The van der Waals surface area contributed by atoms with Gasteiger partial charge in [-0.15, -0.1) is 0 Å². The predicted octanol–water partition coefficient (Wildman–Crippen LogP) is 0.212. The topological polar surface area (TPSA) is 69.6 Å². The van der Waals surface area contributed by atoms with Gasteiger partial charge in [0.15, 0.2) is 0 Å². The summed E-state index contributed by atoms with van der Waals surface area (Å²) in [4.78, 5) is 10.1. The molecule has 0 bridgehead atoms. The highest BCUT2D eigenvalue weighted by molar-refractivity contribution is 5.66. The van der Waals surface area contributed by atoms with E-state index in [1.807, 2.05) is 6.92 Å². The first-order valence-electron chi connectivity index (χ1n) is 4.23. The van der Waals surface area contributed by atoms with Crippen LogP contribution in [0.5, 0.6) is 0 Å². The van der Waals surface area contributed by atoms with Crippen LogP contribution >= 0.6 is 0 Å². The summed E-state index contributed by atoms with van der Waals surface area (Å²) in [7, 11) is 0. The monoisotopic (exact) mass is 175 g/mol. The minimum atomic E-state index is -0.781. The largest absolute Gasteiger partial charge is 0.481 e. The highest BCUT2D eigenvalue weighted by Crippen LogP contribution is 1.94. The van der Waals surface area contributed by atoms with Gasteiger partial charge in [-0.25, -0.2) is 0 Å². The third-order valence-corrected chi connectivity index (χ3v) is 1.63. The summed E-state index contributed by atoms with van der Waals surface area (Å²) in [5, 5.41) is 19.9. The Labute approximate surface area is 72.6 Å². The van der Waals surface area contributed by atoms with E-state index in [1.54, 1.807) is 0 Å². The second-order valence-corrected chi connectivity index (χ2v) is 2.86. The molecule has 0 rings (SSSR count). The van der Waals surface area contributed by atoms with Crippen LogP contribution in [-0.2, 0) is 4.79 Å². The molecule has 4 nitrogen and oxygen atoms in total. The smallest absolute Gasteiger partial charge is 0.304 e. The zero-order valence-electron chi connectivity index (χ0n) is 7.42. The molecule has 72 valence electrons. The number of hydrogen-bond donors (Lipinski definition) is 3. The van der Waals surface area contributed by atoms with E-state index < -0.39 is 5.97 Å². The maximum atomic E-state index is 10.1. The second-order valence-electron chi connectivity index (χ2n) is 2.86. The van der Waals surface area contributed by atoms with Gasteiger partial charge in [0.1, 0.15) is 0 Å². The normalized spacial score (nSPS) is 12.8. The fourth-order valence-corrected chi connectivity index (χ4v) is 0.925. The molecule has 0 amide bonds. The van der Waals surface area contributed by atoms with E-state index in [1.165, 1.54) is 0 Å². The van der Waals surface area contributed by atoms with Crippen molar-refractivity contribution in [1.29, 1.82) is 0 Å². The summed E-state index contributed by atoms with van der Waals surface area (Å²) in [5.74, 6) is -0.781. The van der Waals surface area contributed by atoms with Crippen molar-refractivity contribution in [3.05, 3.63) is 0 Å². The molecule has 0 aliphatic carbocycles. The highest BCUT2D eigenvalue weighted by Gasteiger charge is 2.01. The summed E-state index contributed by atoms with van der Waals surface area (Å²) in [6.07, 6.45) is 1.81. The zero-order valence-corrected chi connectivity index (χ0v) is 7.42. The summed E-state index contributed by atoms with van der Waals surface area (Å²) >= 11 is 0. The molecule has 1 unspecified atom stereocenters. The van der Waals surface area contributed by atoms with Crippen LogP contribution in [0.15, 0.2) is 0 Å². The van der Waals surface area contributed by atoms with Crippen LogP contribution in [0.4, 0.5) is 0 Å². The summed E-state index contributed by atoms with van der Waals surface area (Å²) in [5.41, 5.74) is 0. The SMILES string of the molecule is CC(CCCO)NCCC(=O)O. The fourth-order valence-electron chi connectivity index (χ4n) is 0.925. The van der Waals surface area contributed by atoms with E-state index in [0.29, 0.717) is 6.54 Å². The molecular weight excluding hydrogens is 158 g/mol. The molecule has 3 N–H and O–H groups in total. The van der Waals surface area contributed by atoms with Crippen molar-refractivity contribution in [2.24, 2.45) is 0 Å². The number of aliphatic hydroxyl groups excluding tert-OH is 1. The number of aliphatic carboxylic acids is 1. The van der Waals surface area contributed by atoms with E-state index in [4.69, 9.17) is 10.2 Å². The molecular formula is C8H17NO3. The average molecular weight is 175 g/mol. The molecule has 0 aromatic carbocycles. The zero-order chi connectivity index (χ0) is 9.40. The van der Waals surface area contributed by atoms with Gasteiger partial charge in [0.25, 0.3) is 0 Å². The predicted molar refractivity (Wildman–Crippen MR) is 46.0 cm³/mol. The van der Waals surface area contributed by atoms with Crippen molar-refractivity contribution < 1.29 is 15.0 Å². The molecule has 0 saturated carbocycles. The lowest BCUT2D eigenvalue weighted by molar-refractivity contribution is -0.136. The standard InChI is InChI=1S/C8H17NO3/c1-7(3-2-6-10)9-5-4-8(11)12/h7,9-10H,2-6H2,1H3,(H,11,12). The minimum Gasteiger partial charge on any atom is -0.481 e. The van der Waals surface area contributed by atoms with Crippen LogP contribution in [0.25, 0.3) is 0 Å². The lowest BCUT2D eigenvalue weighted by Crippen LogP contribution is -2.28. The molecule has 0 radical (unpaired) electrons. The van der Waals surface area contributed by atoms with Gasteiger partial charge in [-0.05, 0) is 19.8 Å². The van der Waals surface area contributed by atoms with Crippen molar-refractivity contribution in [2.45, 2.75) is 32.2 Å². The summed E-state index contributed by atoms with van der Waals surface area (Å²) in [6, 6.07) is 0.288. The Balaban J connectivity index is 3.19. The number of nitrogens with one attached hydrogen (secondary N) is 1. The van der Waals surface area contributed by atoms with Gasteiger partial charge in [-0.2, -0.15) is 0 Å². The Morgan fingerprint density at radius 3 is 2.75 bits per heavy atom. The maximum absolute atomic E-state index is 10.1. The first-order valence-corrected chi connectivity index (χ1v) is 4.23. The van der Waals surface area contributed by atoms with Gasteiger partial charge in [-0.3, -0.25) is 4.79 Å². The Morgan fingerprint density at radius 1 is 1.58 bits per heavy atom. The number of hydrogen-bond acceptors (Lipinski definition) is 3. The molecule has 0 aromatic rings. The van der Waals surface area contributed by atoms with Crippen molar-refractivity contribution in [2.75, 3.05) is 13.2 Å². The van der Waals surface area contributed by atoms with Crippen LogP contribution in [0.3, 0.4) is 0 Å². The number of aliphatic hydroxyl groups is 1. The third-order valence-electron chi connectivity index (χ3n) is 1.63. The lowest BCUT2D eigenvalue weighted by Gasteiger charge is -2.11. The van der Waals surface area contributed by atoms with Gasteiger partial charge in [0, 0.05) is 19.2 Å². The van der Waals surface area contributed by atoms with E-state index in [0.717, 1.165) is 12.8 Å². The van der Waals surface area contributed by atoms with E-state index >= 15 is 0 Å². The molecule has 0 fully saturated rings. The first kappa shape index (κ1) is 11.4. The van der Waals surface area contributed by atoms with Crippen LogP contribution in [-0.4, -0.2) is 35.4 Å². The van der Waals surface area contributed by atoms with Crippen molar-refractivity contribution >= 4 is 5.97 Å². The van der Waals surface area contributed by atoms with Gasteiger partial charge in [-0.1, -0.05) is 0 Å². The minimum absolute atomic E-state index is 0.156. The second kappa shape index (κ2) is 7.06. The molecule has 4 heteroatoms. The van der Waals surface area contributed by atoms with Crippen molar-refractivity contribution in [1.82, 2.24) is 5.32 Å². The Morgan fingerprint density at radius 2 is 2.25 bits per heavy atom. The molecule has 12 heavy (non-hydrogen) atoms. The quantitative estimate of drug-likeness (QED) is 0.517. The summed E-state index contributed by atoms with van der Waals surface area (Å²) < 4.78 is 0. The van der Waals surface area contributed by atoms with Gasteiger partial charge in [0.2, 0.25) is 0 Å². The molecule has 0 heterocycles. The Hall–Kier alpha value is -0.610. The molecule has 1 atom stereocenters. The maximum Gasteiger partial charge on any atom is 0.304 e. The highest BCUT2D eigenvalue weighted by atomic mass is 16.4. The molecule has 0 spiro atoms. The first-order chi connectivity index (χ1) is 5.66. The summed E-state index contributed by atoms with van der Waals surface area (Å²) in [6.45, 7) is 2.68. The van der Waals surface area contributed by atoms with Gasteiger partial charge >= 0.3 is 5.97 Å². The average Bonchev–Trinajstić information content (AvgIpc) is 2.00. The van der Waals surface area contributed by atoms with E-state index in [-0.39, 0.29) is 19.1 Å². The molecule has 0 saturated heterocycles. The molecule has 0 aromatic heterocycles. The van der Waals surface area contributed by atoms with Crippen LogP contribution in [0.1, 0.15) is 26.2 Å². The Bertz CT molecular complexity index is 127. The van der Waals surface area contributed by atoms with Crippen LogP contribution in [0.2, 0.25) is 0 Å².